The summed E-state index contributed by atoms with van der Waals surface area (Å²) < 4.78 is 6.29. The van der Waals surface area contributed by atoms with E-state index in [1.165, 1.54) is 0 Å². The molecule has 2 rings (SSSR count). The second-order valence-corrected chi connectivity index (χ2v) is 5.69. The average Bonchev–Trinajstić information content (AvgIpc) is 2.55. The molecule has 0 bridgehead atoms. The molecule has 2 aromatic carbocycles. The second-order valence-electron chi connectivity index (χ2n) is 4.77. The van der Waals surface area contributed by atoms with Gasteiger partial charge in [-0.1, -0.05) is 34.1 Å². The Morgan fingerprint density at radius 1 is 1.14 bits per heavy atom. The molecule has 0 atom stereocenters. The fraction of sp³-hybridized carbons (Fsp3) is 0.235. The van der Waals surface area contributed by atoms with Crippen molar-refractivity contribution < 1.29 is 9.53 Å². The largest absolute Gasteiger partial charge is 0.496 e. The van der Waals surface area contributed by atoms with E-state index < -0.39 is 0 Å². The summed E-state index contributed by atoms with van der Waals surface area (Å²) in [5.74, 6) is 0.798. The molecule has 0 fully saturated rings. The number of anilines is 1. The molecular formula is C17H19BrN2O2. The Labute approximate surface area is 139 Å². The number of ether oxygens (including phenoxy) is 1. The molecule has 0 aliphatic carbocycles. The molecule has 0 radical (unpaired) electrons. The number of rotatable bonds is 7. The van der Waals surface area contributed by atoms with Gasteiger partial charge in [-0.3, -0.25) is 4.79 Å². The number of nitrogens with one attached hydrogen (secondary N) is 2. The maximum absolute atomic E-state index is 11.9. The van der Waals surface area contributed by atoms with Gasteiger partial charge in [0.1, 0.15) is 5.75 Å². The SMILES string of the molecule is COc1ccccc1CNC(=O)CCNc1ccc(Br)cc1. The van der Waals surface area contributed by atoms with Crippen molar-refractivity contribution in [2.75, 3.05) is 19.0 Å². The first-order chi connectivity index (χ1) is 10.7. The van der Waals surface area contributed by atoms with Crippen LogP contribution in [-0.2, 0) is 11.3 Å². The Bertz CT molecular complexity index is 614. The fourth-order valence-corrected chi connectivity index (χ4v) is 2.28. The van der Waals surface area contributed by atoms with Crippen LogP contribution in [0.1, 0.15) is 12.0 Å². The molecule has 0 saturated heterocycles. The van der Waals surface area contributed by atoms with E-state index in [4.69, 9.17) is 4.74 Å². The number of benzene rings is 2. The van der Waals surface area contributed by atoms with Crippen LogP contribution in [-0.4, -0.2) is 19.6 Å². The zero-order valence-electron chi connectivity index (χ0n) is 12.4. The number of methoxy groups -OCH3 is 1. The van der Waals surface area contributed by atoms with Crippen molar-refractivity contribution in [3.63, 3.8) is 0 Å². The van der Waals surface area contributed by atoms with Crippen molar-refractivity contribution in [3.05, 3.63) is 58.6 Å². The van der Waals surface area contributed by atoms with E-state index in [1.54, 1.807) is 7.11 Å². The van der Waals surface area contributed by atoms with E-state index in [0.29, 0.717) is 19.5 Å². The van der Waals surface area contributed by atoms with Gasteiger partial charge in [0.05, 0.1) is 7.11 Å². The molecular weight excluding hydrogens is 344 g/mol. The van der Waals surface area contributed by atoms with E-state index in [2.05, 4.69) is 26.6 Å². The van der Waals surface area contributed by atoms with Crippen LogP contribution in [0.3, 0.4) is 0 Å². The predicted molar refractivity (Wildman–Crippen MR) is 92.1 cm³/mol. The van der Waals surface area contributed by atoms with Crippen LogP contribution >= 0.6 is 15.9 Å². The van der Waals surface area contributed by atoms with Gasteiger partial charge in [0, 0.05) is 35.2 Å². The minimum Gasteiger partial charge on any atom is -0.496 e. The Kier molecular flexibility index (Phi) is 6.27. The van der Waals surface area contributed by atoms with Crippen molar-refractivity contribution in [1.82, 2.24) is 5.32 Å². The minimum atomic E-state index is 0.00974. The van der Waals surface area contributed by atoms with Gasteiger partial charge in [0.2, 0.25) is 5.91 Å². The first kappa shape index (κ1) is 16.4. The number of amides is 1. The minimum absolute atomic E-state index is 0.00974. The number of para-hydroxylation sites is 1. The van der Waals surface area contributed by atoms with Crippen LogP contribution in [0.2, 0.25) is 0 Å². The quantitative estimate of drug-likeness (QED) is 0.791. The van der Waals surface area contributed by atoms with Gasteiger partial charge in [0.15, 0.2) is 0 Å². The van der Waals surface area contributed by atoms with E-state index in [0.717, 1.165) is 21.5 Å². The van der Waals surface area contributed by atoms with Crippen LogP contribution in [0, 0.1) is 0 Å². The third-order valence-electron chi connectivity index (χ3n) is 3.19. The number of halogens is 1. The van der Waals surface area contributed by atoms with Gasteiger partial charge in [-0.15, -0.1) is 0 Å². The van der Waals surface area contributed by atoms with Gasteiger partial charge < -0.3 is 15.4 Å². The zero-order valence-corrected chi connectivity index (χ0v) is 14.0. The predicted octanol–water partition coefficient (Wildman–Crippen LogP) is 3.58. The smallest absolute Gasteiger partial charge is 0.222 e. The Morgan fingerprint density at radius 2 is 1.86 bits per heavy atom. The Hall–Kier alpha value is -2.01. The Morgan fingerprint density at radius 3 is 2.59 bits per heavy atom. The molecule has 0 aliphatic heterocycles. The summed E-state index contributed by atoms with van der Waals surface area (Å²) in [6, 6.07) is 15.5. The molecule has 1 amide bonds. The third kappa shape index (κ3) is 5.07. The van der Waals surface area contributed by atoms with Crippen molar-refractivity contribution >= 4 is 27.5 Å². The van der Waals surface area contributed by atoms with Crippen LogP contribution < -0.4 is 15.4 Å². The van der Waals surface area contributed by atoms with Crippen LogP contribution in [0.15, 0.2) is 53.0 Å². The summed E-state index contributed by atoms with van der Waals surface area (Å²) in [4.78, 5) is 11.9. The summed E-state index contributed by atoms with van der Waals surface area (Å²) in [5.41, 5.74) is 1.97. The average molecular weight is 363 g/mol. The van der Waals surface area contributed by atoms with Crippen molar-refractivity contribution in [1.29, 1.82) is 0 Å². The van der Waals surface area contributed by atoms with Gasteiger partial charge >= 0.3 is 0 Å². The first-order valence-electron chi connectivity index (χ1n) is 7.07. The summed E-state index contributed by atoms with van der Waals surface area (Å²) in [7, 11) is 1.63. The monoisotopic (exact) mass is 362 g/mol. The second kappa shape index (κ2) is 8.44. The first-order valence-corrected chi connectivity index (χ1v) is 7.86. The number of hydrogen-bond acceptors (Lipinski definition) is 3. The maximum Gasteiger partial charge on any atom is 0.222 e. The number of carbonyl (C=O) groups is 1. The van der Waals surface area contributed by atoms with Crippen LogP contribution in [0.4, 0.5) is 5.69 Å². The van der Waals surface area contributed by atoms with Gasteiger partial charge in [-0.05, 0) is 30.3 Å². The topological polar surface area (TPSA) is 50.4 Å². The lowest BCUT2D eigenvalue weighted by Crippen LogP contribution is -2.25. The molecule has 22 heavy (non-hydrogen) atoms. The third-order valence-corrected chi connectivity index (χ3v) is 3.72. The molecule has 5 heteroatoms. The molecule has 116 valence electrons. The van der Waals surface area contributed by atoms with E-state index in [-0.39, 0.29) is 5.91 Å². The summed E-state index contributed by atoms with van der Waals surface area (Å²) >= 11 is 3.39. The van der Waals surface area contributed by atoms with Gasteiger partial charge in [0.25, 0.3) is 0 Å². The lowest BCUT2D eigenvalue weighted by molar-refractivity contribution is -0.121. The van der Waals surface area contributed by atoms with Gasteiger partial charge in [-0.2, -0.15) is 0 Å². The number of hydrogen-bond donors (Lipinski definition) is 2. The molecule has 2 aromatic rings. The summed E-state index contributed by atoms with van der Waals surface area (Å²) in [6.45, 7) is 1.07. The van der Waals surface area contributed by atoms with Crippen molar-refractivity contribution in [2.45, 2.75) is 13.0 Å². The molecule has 0 saturated carbocycles. The zero-order chi connectivity index (χ0) is 15.8. The molecule has 4 nitrogen and oxygen atoms in total. The molecule has 2 N–H and O–H groups in total. The molecule has 0 aromatic heterocycles. The highest BCUT2D eigenvalue weighted by Gasteiger charge is 2.04. The molecule has 0 heterocycles. The van der Waals surface area contributed by atoms with E-state index in [9.17, 15) is 4.79 Å². The highest BCUT2D eigenvalue weighted by atomic mass is 79.9. The normalized spacial score (nSPS) is 10.1. The number of carbonyl (C=O) groups excluding carboxylic acids is 1. The lowest BCUT2D eigenvalue weighted by Gasteiger charge is -2.10. The van der Waals surface area contributed by atoms with Crippen LogP contribution in [0.5, 0.6) is 5.75 Å². The maximum atomic E-state index is 11.9. The molecule has 0 aliphatic rings. The highest BCUT2D eigenvalue weighted by Crippen LogP contribution is 2.16. The summed E-state index contributed by atoms with van der Waals surface area (Å²) in [5, 5.41) is 6.12. The molecule has 0 unspecified atom stereocenters. The van der Waals surface area contributed by atoms with E-state index in [1.807, 2.05) is 48.5 Å². The highest BCUT2D eigenvalue weighted by molar-refractivity contribution is 9.10. The van der Waals surface area contributed by atoms with Gasteiger partial charge in [-0.25, -0.2) is 0 Å². The van der Waals surface area contributed by atoms with E-state index >= 15 is 0 Å². The fourth-order valence-electron chi connectivity index (χ4n) is 2.02. The summed E-state index contributed by atoms with van der Waals surface area (Å²) in [6.07, 6.45) is 0.422. The van der Waals surface area contributed by atoms with Crippen molar-refractivity contribution in [2.24, 2.45) is 0 Å². The van der Waals surface area contributed by atoms with Crippen LogP contribution in [0.25, 0.3) is 0 Å². The lowest BCUT2D eigenvalue weighted by atomic mass is 10.2. The standard InChI is InChI=1S/C17H19BrN2O2/c1-22-16-5-3-2-4-13(16)12-20-17(21)10-11-19-15-8-6-14(18)7-9-15/h2-9,19H,10-12H2,1H3,(H,20,21). The molecule has 0 spiro atoms. The Balaban J connectivity index is 1.73. The van der Waals surface area contributed by atoms with Crippen molar-refractivity contribution in [3.8, 4) is 5.75 Å².